The molecule has 0 radical (unpaired) electrons. The summed E-state index contributed by atoms with van der Waals surface area (Å²) in [6, 6.07) is 0. The van der Waals surface area contributed by atoms with E-state index in [4.69, 9.17) is 0 Å². The van der Waals surface area contributed by atoms with E-state index >= 15 is 0 Å². The molecule has 27 heavy (non-hydrogen) atoms. The Bertz CT molecular complexity index is 388. The van der Waals surface area contributed by atoms with Gasteiger partial charge >= 0.3 is 29.6 Å². The summed E-state index contributed by atoms with van der Waals surface area (Å²) in [6.45, 7) is 4.49. The molecule has 0 aromatic carbocycles. The van der Waals surface area contributed by atoms with Gasteiger partial charge in [-0.15, -0.1) is 0 Å². The van der Waals surface area contributed by atoms with Crippen molar-refractivity contribution in [1.82, 2.24) is 0 Å². The van der Waals surface area contributed by atoms with Gasteiger partial charge in [0.1, 0.15) is 0 Å². The first kappa shape index (κ1) is 30.1. The summed E-state index contributed by atoms with van der Waals surface area (Å²) in [5, 5.41) is 0. The Morgan fingerprint density at radius 3 is 1.37 bits per heavy atom. The average molecular weight is 415 g/mol. The molecule has 1 unspecified atom stereocenters. The number of hydrogen-bond donors (Lipinski definition) is 0. The third-order valence-corrected chi connectivity index (χ3v) is 5.55. The van der Waals surface area contributed by atoms with Crippen molar-refractivity contribution in [3.8, 4) is 0 Å². The Hall–Kier alpha value is 0.870. The SMILES string of the molecule is CCCCCCCCCCCCCC(CCCCCC)COS(=O)(=O)[O-].[Na+]. The molecule has 0 fully saturated rings. The molecule has 0 aromatic rings. The van der Waals surface area contributed by atoms with Gasteiger partial charge in [-0.1, -0.05) is 110 Å². The summed E-state index contributed by atoms with van der Waals surface area (Å²) in [4.78, 5) is 0. The van der Waals surface area contributed by atoms with Crippen LogP contribution < -0.4 is 29.6 Å². The predicted octanol–water partition coefficient (Wildman–Crippen LogP) is 3.75. The quantitative estimate of drug-likeness (QED) is 0.132. The molecule has 0 heterocycles. The third kappa shape index (κ3) is 24.8. The van der Waals surface area contributed by atoms with Gasteiger partial charge < -0.3 is 4.55 Å². The second-order valence-corrected chi connectivity index (χ2v) is 8.78. The summed E-state index contributed by atoms with van der Waals surface area (Å²) in [6.07, 6.45) is 21.0. The van der Waals surface area contributed by atoms with Crippen molar-refractivity contribution in [2.45, 2.75) is 123 Å². The van der Waals surface area contributed by atoms with Crippen LogP contribution in [0.15, 0.2) is 0 Å². The molecule has 1 atom stereocenters. The summed E-state index contributed by atoms with van der Waals surface area (Å²) in [5.41, 5.74) is 0. The maximum absolute atomic E-state index is 10.7. The molecule has 0 spiro atoms. The van der Waals surface area contributed by atoms with Crippen molar-refractivity contribution in [1.29, 1.82) is 0 Å². The molecule has 4 nitrogen and oxygen atoms in total. The van der Waals surface area contributed by atoms with E-state index in [2.05, 4.69) is 18.0 Å². The summed E-state index contributed by atoms with van der Waals surface area (Å²) >= 11 is 0. The van der Waals surface area contributed by atoms with E-state index in [1.807, 2.05) is 0 Å². The van der Waals surface area contributed by atoms with E-state index in [0.29, 0.717) is 0 Å². The zero-order valence-corrected chi connectivity index (χ0v) is 21.2. The van der Waals surface area contributed by atoms with Crippen molar-refractivity contribution in [2.24, 2.45) is 5.92 Å². The summed E-state index contributed by atoms with van der Waals surface area (Å²) in [7, 11) is -4.56. The topological polar surface area (TPSA) is 66.4 Å². The van der Waals surface area contributed by atoms with Gasteiger partial charge in [-0.05, 0) is 18.8 Å². The van der Waals surface area contributed by atoms with Crippen molar-refractivity contribution < 1.29 is 46.7 Å². The van der Waals surface area contributed by atoms with Gasteiger partial charge in [-0.2, -0.15) is 0 Å². The van der Waals surface area contributed by atoms with E-state index in [9.17, 15) is 13.0 Å². The average Bonchev–Trinajstić information content (AvgIpc) is 2.59. The van der Waals surface area contributed by atoms with Gasteiger partial charge in [0, 0.05) is 0 Å². The van der Waals surface area contributed by atoms with Crippen molar-refractivity contribution in [2.75, 3.05) is 6.61 Å². The van der Waals surface area contributed by atoms with E-state index in [0.717, 1.165) is 25.7 Å². The first-order valence-electron chi connectivity index (χ1n) is 11.1. The number of hydrogen-bond acceptors (Lipinski definition) is 4. The number of unbranched alkanes of at least 4 members (excludes halogenated alkanes) is 13. The third-order valence-electron chi connectivity index (χ3n) is 5.13. The van der Waals surface area contributed by atoms with Crippen LogP contribution in [-0.2, 0) is 14.6 Å². The largest absolute Gasteiger partial charge is 1.00 e. The Morgan fingerprint density at radius 1 is 0.667 bits per heavy atom. The molecular formula is C21H43NaO4S. The summed E-state index contributed by atoms with van der Waals surface area (Å²) < 4.78 is 36.6. The maximum Gasteiger partial charge on any atom is 1.00 e. The van der Waals surface area contributed by atoms with E-state index in [1.165, 1.54) is 83.5 Å². The van der Waals surface area contributed by atoms with Crippen molar-refractivity contribution in [3.05, 3.63) is 0 Å². The van der Waals surface area contributed by atoms with Crippen LogP contribution in [0.25, 0.3) is 0 Å². The van der Waals surface area contributed by atoms with E-state index < -0.39 is 10.4 Å². The molecule has 0 rings (SSSR count). The predicted molar refractivity (Wildman–Crippen MR) is 109 cm³/mol. The first-order chi connectivity index (χ1) is 12.5. The molecule has 0 saturated carbocycles. The molecule has 0 saturated heterocycles. The van der Waals surface area contributed by atoms with Gasteiger partial charge in [0.25, 0.3) is 0 Å². The fourth-order valence-electron chi connectivity index (χ4n) is 3.45. The monoisotopic (exact) mass is 414 g/mol. The van der Waals surface area contributed by atoms with Crippen molar-refractivity contribution >= 4 is 10.4 Å². The Morgan fingerprint density at radius 2 is 1.00 bits per heavy atom. The molecule has 0 bridgehead atoms. The second kappa shape index (κ2) is 21.6. The van der Waals surface area contributed by atoms with Crippen LogP contribution in [-0.4, -0.2) is 19.6 Å². The van der Waals surface area contributed by atoms with Crippen LogP contribution in [0, 0.1) is 5.92 Å². The van der Waals surface area contributed by atoms with Gasteiger partial charge in [0.2, 0.25) is 10.4 Å². The first-order valence-corrected chi connectivity index (χ1v) is 12.4. The number of rotatable bonds is 20. The fourth-order valence-corrected chi connectivity index (χ4v) is 3.81. The molecule has 0 aromatic heterocycles. The second-order valence-electron chi connectivity index (χ2n) is 7.73. The zero-order valence-electron chi connectivity index (χ0n) is 18.3. The molecule has 0 aliphatic rings. The van der Waals surface area contributed by atoms with Crippen LogP contribution in [0.4, 0.5) is 0 Å². The minimum absolute atomic E-state index is 0. The molecule has 0 aliphatic heterocycles. The van der Waals surface area contributed by atoms with Gasteiger partial charge in [-0.3, -0.25) is 4.18 Å². The van der Waals surface area contributed by atoms with Crippen LogP contribution in [0.1, 0.15) is 123 Å². The van der Waals surface area contributed by atoms with Gasteiger partial charge in [0.15, 0.2) is 0 Å². The standard InChI is InChI=1S/C21H44O4S.Na/c1-3-5-7-9-10-11-12-13-14-15-17-19-21(18-16-8-6-4-2)20-25-26(22,23)24;/h21H,3-20H2,1-2H3,(H,22,23,24);/q;+1/p-1. The normalized spacial score (nSPS) is 12.7. The smallest absolute Gasteiger partial charge is 0.726 e. The Balaban J connectivity index is 0. The molecule has 6 heteroatoms. The van der Waals surface area contributed by atoms with Crippen LogP contribution in [0.5, 0.6) is 0 Å². The zero-order chi connectivity index (χ0) is 19.5. The minimum atomic E-state index is -4.56. The minimum Gasteiger partial charge on any atom is -0.726 e. The maximum atomic E-state index is 10.7. The molecule has 0 aliphatic carbocycles. The van der Waals surface area contributed by atoms with Crippen LogP contribution >= 0.6 is 0 Å². The van der Waals surface area contributed by atoms with Crippen LogP contribution in [0.3, 0.4) is 0 Å². The Kier molecular flexibility index (Phi) is 24.0. The summed E-state index contributed by atoms with van der Waals surface area (Å²) in [5.74, 6) is 0.203. The molecular weight excluding hydrogens is 371 g/mol. The van der Waals surface area contributed by atoms with Gasteiger partial charge in [0.05, 0.1) is 6.61 Å². The molecule has 0 N–H and O–H groups in total. The van der Waals surface area contributed by atoms with Crippen LogP contribution in [0.2, 0.25) is 0 Å². The van der Waals surface area contributed by atoms with E-state index in [-0.39, 0.29) is 42.1 Å². The van der Waals surface area contributed by atoms with Crippen molar-refractivity contribution in [3.63, 3.8) is 0 Å². The molecule has 158 valence electrons. The molecule has 0 amide bonds. The van der Waals surface area contributed by atoms with E-state index in [1.54, 1.807) is 0 Å². The Labute approximate surface area is 191 Å². The van der Waals surface area contributed by atoms with Gasteiger partial charge in [-0.25, -0.2) is 8.42 Å². The fraction of sp³-hybridized carbons (Fsp3) is 1.00.